The Morgan fingerprint density at radius 3 is 2.21 bits per heavy atom. The molecule has 2 heterocycles. The highest BCUT2D eigenvalue weighted by Gasteiger charge is 2.22. The summed E-state index contributed by atoms with van der Waals surface area (Å²) in [5.41, 5.74) is 4.86. The Balaban J connectivity index is 1.89. The van der Waals surface area contributed by atoms with Crippen LogP contribution in [0.3, 0.4) is 0 Å². The summed E-state index contributed by atoms with van der Waals surface area (Å²) in [6.45, 7) is 6.40. The summed E-state index contributed by atoms with van der Waals surface area (Å²) in [5, 5.41) is 17.0. The molecule has 0 N–H and O–H groups in total. The number of hydrogen-bond donors (Lipinski definition) is 0. The van der Waals surface area contributed by atoms with E-state index in [2.05, 4.69) is 31.0 Å². The van der Waals surface area contributed by atoms with Crippen molar-refractivity contribution < 1.29 is 0 Å². The van der Waals surface area contributed by atoms with E-state index >= 15 is 0 Å². The lowest BCUT2D eigenvalue weighted by atomic mass is 10.1. The van der Waals surface area contributed by atoms with Crippen LogP contribution in [0, 0.1) is 6.92 Å². The van der Waals surface area contributed by atoms with E-state index in [1.54, 1.807) is 11.3 Å². The van der Waals surface area contributed by atoms with Gasteiger partial charge in [-0.1, -0.05) is 60.5 Å². The minimum atomic E-state index is 0.385. The predicted molar refractivity (Wildman–Crippen MR) is 121 cm³/mol. The van der Waals surface area contributed by atoms with Gasteiger partial charge in [-0.2, -0.15) is 5.10 Å². The summed E-state index contributed by atoms with van der Waals surface area (Å²) in [6.07, 6.45) is 1.03. The Hall–Kier alpha value is -2.21. The van der Waals surface area contributed by atoms with Crippen molar-refractivity contribution in [2.75, 3.05) is 0 Å². The summed E-state index contributed by atoms with van der Waals surface area (Å²) in [5.74, 6) is 0.385. The Labute approximate surface area is 184 Å². The molecule has 7 heteroatoms. The fraction of sp³-hybridized carbons (Fsp3) is 0.227. The van der Waals surface area contributed by atoms with Crippen LogP contribution in [0.2, 0.25) is 10.0 Å². The van der Waals surface area contributed by atoms with Crippen LogP contribution < -0.4 is 0 Å². The summed E-state index contributed by atoms with van der Waals surface area (Å²) >= 11 is 13.8. The van der Waals surface area contributed by atoms with Gasteiger partial charge in [0.25, 0.3) is 0 Å². The molecular formula is C22H20Cl2N4S. The number of aromatic nitrogens is 4. The Kier molecular flexibility index (Phi) is 5.72. The third kappa shape index (κ3) is 3.95. The monoisotopic (exact) mass is 442 g/mol. The molecule has 0 saturated carbocycles. The quantitative estimate of drug-likeness (QED) is 0.328. The summed E-state index contributed by atoms with van der Waals surface area (Å²) in [7, 11) is 0. The zero-order valence-corrected chi connectivity index (χ0v) is 18.7. The molecule has 0 aliphatic carbocycles. The lowest BCUT2D eigenvalue weighted by molar-refractivity contribution is 0.715. The van der Waals surface area contributed by atoms with E-state index in [0.717, 1.165) is 44.6 Å². The first-order valence-corrected chi connectivity index (χ1v) is 11.0. The number of benzene rings is 2. The third-order valence-electron chi connectivity index (χ3n) is 4.99. The maximum absolute atomic E-state index is 6.11. The Bertz CT molecular complexity index is 1130. The SMILES string of the molecule is CCC(C)c1nnc(-c2nn(-c3ccc(Cl)cc3)c(-c3ccc(Cl)cc3)c2C)s1. The topological polar surface area (TPSA) is 43.6 Å². The second kappa shape index (κ2) is 8.27. The van der Waals surface area contributed by atoms with Gasteiger partial charge < -0.3 is 0 Å². The summed E-state index contributed by atoms with van der Waals surface area (Å²) in [6, 6.07) is 15.4. The Morgan fingerprint density at radius 1 is 0.966 bits per heavy atom. The van der Waals surface area contributed by atoms with Gasteiger partial charge in [-0.3, -0.25) is 0 Å². The molecule has 1 atom stereocenters. The van der Waals surface area contributed by atoms with Crippen molar-refractivity contribution in [2.24, 2.45) is 0 Å². The molecule has 0 aliphatic rings. The molecule has 29 heavy (non-hydrogen) atoms. The molecule has 2 aromatic carbocycles. The highest BCUT2D eigenvalue weighted by molar-refractivity contribution is 7.14. The van der Waals surface area contributed by atoms with Crippen molar-refractivity contribution in [1.29, 1.82) is 0 Å². The van der Waals surface area contributed by atoms with Gasteiger partial charge in [0, 0.05) is 27.1 Å². The average Bonchev–Trinajstić information content (AvgIpc) is 3.34. The van der Waals surface area contributed by atoms with Crippen molar-refractivity contribution >= 4 is 34.5 Å². The highest BCUT2D eigenvalue weighted by Crippen LogP contribution is 2.36. The number of nitrogens with zero attached hydrogens (tertiary/aromatic N) is 4. The fourth-order valence-corrected chi connectivity index (χ4v) is 4.39. The third-order valence-corrected chi connectivity index (χ3v) is 6.65. The maximum Gasteiger partial charge on any atom is 0.168 e. The van der Waals surface area contributed by atoms with Gasteiger partial charge in [0.15, 0.2) is 5.01 Å². The predicted octanol–water partition coefficient (Wildman–Crippen LogP) is 7.19. The molecule has 4 rings (SSSR count). The van der Waals surface area contributed by atoms with Crippen LogP contribution in [0.15, 0.2) is 48.5 Å². The standard InChI is InChI=1S/C22H20Cl2N4S/c1-4-13(2)21-25-26-22(29-21)19-14(3)20(15-5-7-16(23)8-6-15)28(27-19)18-11-9-17(24)10-12-18/h5-13H,4H2,1-3H3. The lowest BCUT2D eigenvalue weighted by Gasteiger charge is -2.09. The second-order valence-corrected chi connectivity index (χ2v) is 8.85. The zero-order chi connectivity index (χ0) is 20.5. The van der Waals surface area contributed by atoms with E-state index in [9.17, 15) is 0 Å². The smallest absolute Gasteiger partial charge is 0.168 e. The normalized spacial score (nSPS) is 12.3. The van der Waals surface area contributed by atoms with Crippen molar-refractivity contribution in [3.8, 4) is 27.6 Å². The van der Waals surface area contributed by atoms with Crippen molar-refractivity contribution in [3.63, 3.8) is 0 Å². The van der Waals surface area contributed by atoms with Gasteiger partial charge in [0.1, 0.15) is 10.7 Å². The van der Waals surface area contributed by atoms with Crippen LogP contribution in [-0.2, 0) is 0 Å². The molecule has 0 aliphatic heterocycles. The van der Waals surface area contributed by atoms with Crippen LogP contribution >= 0.6 is 34.5 Å². The number of rotatable bonds is 5. The molecule has 0 amide bonds. The van der Waals surface area contributed by atoms with E-state index in [-0.39, 0.29) is 0 Å². The van der Waals surface area contributed by atoms with Crippen molar-refractivity contribution in [2.45, 2.75) is 33.1 Å². The molecular weight excluding hydrogens is 423 g/mol. The summed E-state index contributed by atoms with van der Waals surface area (Å²) in [4.78, 5) is 0. The first-order chi connectivity index (χ1) is 14.0. The number of halogens is 2. The van der Waals surface area contributed by atoms with Gasteiger partial charge in [-0.05, 0) is 49.7 Å². The molecule has 0 spiro atoms. The van der Waals surface area contributed by atoms with Gasteiger partial charge in [0.05, 0.1) is 11.4 Å². The lowest BCUT2D eigenvalue weighted by Crippen LogP contribution is -1.99. The molecule has 0 saturated heterocycles. The minimum absolute atomic E-state index is 0.385. The van der Waals surface area contributed by atoms with E-state index in [1.807, 2.05) is 53.2 Å². The maximum atomic E-state index is 6.11. The van der Waals surface area contributed by atoms with Gasteiger partial charge in [0.2, 0.25) is 0 Å². The zero-order valence-electron chi connectivity index (χ0n) is 16.4. The molecule has 4 nitrogen and oxygen atoms in total. The average molecular weight is 443 g/mol. The molecule has 148 valence electrons. The van der Waals surface area contributed by atoms with Crippen LogP contribution in [0.1, 0.15) is 36.8 Å². The number of hydrogen-bond acceptors (Lipinski definition) is 4. The van der Waals surface area contributed by atoms with Gasteiger partial charge in [-0.25, -0.2) is 4.68 Å². The molecule has 4 aromatic rings. The highest BCUT2D eigenvalue weighted by atomic mass is 35.5. The van der Waals surface area contributed by atoms with Crippen molar-refractivity contribution in [3.05, 3.63) is 69.1 Å². The van der Waals surface area contributed by atoms with Crippen LogP contribution in [-0.4, -0.2) is 20.0 Å². The molecule has 2 aromatic heterocycles. The fourth-order valence-electron chi connectivity index (χ4n) is 3.12. The molecule has 0 bridgehead atoms. The largest absolute Gasteiger partial charge is 0.232 e. The van der Waals surface area contributed by atoms with Gasteiger partial charge >= 0.3 is 0 Å². The second-order valence-electron chi connectivity index (χ2n) is 6.97. The van der Waals surface area contributed by atoms with Crippen molar-refractivity contribution in [1.82, 2.24) is 20.0 Å². The van der Waals surface area contributed by atoms with E-state index in [4.69, 9.17) is 28.3 Å². The minimum Gasteiger partial charge on any atom is -0.232 e. The summed E-state index contributed by atoms with van der Waals surface area (Å²) < 4.78 is 1.94. The van der Waals surface area contributed by atoms with Gasteiger partial charge in [-0.15, -0.1) is 10.2 Å². The molecule has 0 fully saturated rings. The van der Waals surface area contributed by atoms with Crippen LogP contribution in [0.25, 0.3) is 27.6 Å². The van der Waals surface area contributed by atoms with E-state index in [1.165, 1.54) is 0 Å². The van der Waals surface area contributed by atoms with Crippen LogP contribution in [0.5, 0.6) is 0 Å². The van der Waals surface area contributed by atoms with E-state index < -0.39 is 0 Å². The van der Waals surface area contributed by atoms with Crippen LogP contribution in [0.4, 0.5) is 0 Å². The Morgan fingerprint density at radius 2 is 1.59 bits per heavy atom. The van der Waals surface area contributed by atoms with E-state index in [0.29, 0.717) is 16.0 Å². The molecule has 1 unspecified atom stereocenters. The molecule has 0 radical (unpaired) electrons. The first kappa shape index (κ1) is 20.1. The first-order valence-electron chi connectivity index (χ1n) is 9.43.